The first-order valence-electron chi connectivity index (χ1n) is 7.90. The Morgan fingerprint density at radius 2 is 2.04 bits per heavy atom. The van der Waals surface area contributed by atoms with Crippen molar-refractivity contribution in [1.82, 2.24) is 14.6 Å². The van der Waals surface area contributed by atoms with Crippen molar-refractivity contribution in [2.24, 2.45) is 0 Å². The third kappa shape index (κ3) is 3.27. The van der Waals surface area contributed by atoms with Gasteiger partial charge in [0.25, 0.3) is 5.69 Å². The van der Waals surface area contributed by atoms with Crippen LogP contribution in [0.4, 0.5) is 5.69 Å². The summed E-state index contributed by atoms with van der Waals surface area (Å²) in [7, 11) is 0. The van der Waals surface area contributed by atoms with Gasteiger partial charge in [0, 0.05) is 18.3 Å². The molecule has 1 aromatic carbocycles. The second-order valence-corrected chi connectivity index (χ2v) is 6.55. The Bertz CT molecular complexity index is 1120. The Hall–Kier alpha value is -3.59. The number of esters is 1. The SMILES string of the molecule is O=C(OCc1ccc([N+](=O)[O-])cc1)c1cnn2c(-c3cccs3)ccnc12. The minimum atomic E-state index is -0.556. The van der Waals surface area contributed by atoms with Crippen LogP contribution in [0.2, 0.25) is 0 Å². The van der Waals surface area contributed by atoms with Crippen LogP contribution in [0.1, 0.15) is 15.9 Å². The van der Waals surface area contributed by atoms with E-state index < -0.39 is 10.9 Å². The van der Waals surface area contributed by atoms with Gasteiger partial charge >= 0.3 is 5.97 Å². The van der Waals surface area contributed by atoms with Gasteiger partial charge in [0.2, 0.25) is 0 Å². The van der Waals surface area contributed by atoms with Crippen molar-refractivity contribution < 1.29 is 14.5 Å². The van der Waals surface area contributed by atoms with E-state index in [1.54, 1.807) is 34.2 Å². The summed E-state index contributed by atoms with van der Waals surface area (Å²) >= 11 is 1.57. The van der Waals surface area contributed by atoms with E-state index in [1.165, 1.54) is 18.3 Å². The number of nitro groups is 1. The molecular formula is C18H12N4O4S. The van der Waals surface area contributed by atoms with Crippen molar-refractivity contribution in [2.75, 3.05) is 0 Å². The molecular weight excluding hydrogens is 368 g/mol. The zero-order valence-corrected chi connectivity index (χ0v) is 14.6. The molecule has 27 heavy (non-hydrogen) atoms. The molecule has 0 radical (unpaired) electrons. The Morgan fingerprint density at radius 3 is 2.74 bits per heavy atom. The number of nitro benzene ring substituents is 1. The predicted octanol–water partition coefficient (Wildman–Crippen LogP) is 3.72. The first-order valence-corrected chi connectivity index (χ1v) is 8.78. The number of thiophene rings is 1. The number of nitrogens with zero attached hydrogens (tertiary/aromatic N) is 4. The third-order valence-corrected chi connectivity index (χ3v) is 4.80. The molecule has 8 nitrogen and oxygen atoms in total. The normalized spacial score (nSPS) is 10.8. The van der Waals surface area contributed by atoms with E-state index in [2.05, 4.69) is 10.1 Å². The fraction of sp³-hybridized carbons (Fsp3) is 0.0556. The number of carbonyl (C=O) groups is 1. The molecule has 9 heteroatoms. The van der Waals surface area contributed by atoms with Gasteiger partial charge < -0.3 is 4.74 Å². The highest BCUT2D eigenvalue weighted by atomic mass is 32.1. The number of ether oxygens (including phenoxy) is 1. The number of benzene rings is 1. The molecule has 0 bridgehead atoms. The van der Waals surface area contributed by atoms with Crippen molar-refractivity contribution in [3.8, 4) is 10.6 Å². The molecule has 0 N–H and O–H groups in total. The van der Waals surface area contributed by atoms with Crippen LogP contribution in [0.3, 0.4) is 0 Å². The van der Waals surface area contributed by atoms with Gasteiger partial charge in [-0.25, -0.2) is 14.3 Å². The van der Waals surface area contributed by atoms with Crippen molar-refractivity contribution >= 4 is 28.6 Å². The monoisotopic (exact) mass is 380 g/mol. The Labute approximate surface area is 156 Å². The molecule has 0 aliphatic carbocycles. The van der Waals surface area contributed by atoms with Crippen molar-refractivity contribution in [1.29, 1.82) is 0 Å². The number of hydrogen-bond acceptors (Lipinski definition) is 7. The summed E-state index contributed by atoms with van der Waals surface area (Å²) in [5.74, 6) is -0.556. The number of aromatic nitrogens is 3. The van der Waals surface area contributed by atoms with Crippen LogP contribution in [0.25, 0.3) is 16.2 Å². The molecule has 0 amide bonds. The maximum Gasteiger partial charge on any atom is 0.343 e. The minimum Gasteiger partial charge on any atom is -0.457 e. The summed E-state index contributed by atoms with van der Waals surface area (Å²) in [5.41, 5.74) is 2.14. The average Bonchev–Trinajstić information content (AvgIpc) is 3.36. The number of fused-ring (bicyclic) bond motifs is 1. The molecule has 0 atom stereocenters. The second kappa shape index (κ2) is 6.96. The highest BCUT2D eigenvalue weighted by molar-refractivity contribution is 7.13. The van der Waals surface area contributed by atoms with Gasteiger partial charge in [-0.2, -0.15) is 5.10 Å². The van der Waals surface area contributed by atoms with Gasteiger partial charge in [0.15, 0.2) is 5.65 Å². The van der Waals surface area contributed by atoms with Gasteiger partial charge in [0.1, 0.15) is 12.2 Å². The van der Waals surface area contributed by atoms with E-state index in [4.69, 9.17) is 4.74 Å². The number of hydrogen-bond donors (Lipinski definition) is 0. The summed E-state index contributed by atoms with van der Waals surface area (Å²) in [6.45, 7) is -0.00121. The van der Waals surface area contributed by atoms with E-state index in [9.17, 15) is 14.9 Å². The van der Waals surface area contributed by atoms with Crippen LogP contribution in [0.15, 0.2) is 60.2 Å². The topological polar surface area (TPSA) is 99.6 Å². The number of carbonyl (C=O) groups excluding carboxylic acids is 1. The maximum atomic E-state index is 12.4. The fourth-order valence-electron chi connectivity index (χ4n) is 2.59. The van der Waals surface area contributed by atoms with E-state index in [-0.39, 0.29) is 17.9 Å². The number of rotatable bonds is 5. The van der Waals surface area contributed by atoms with Crippen LogP contribution in [0, 0.1) is 10.1 Å². The Kier molecular flexibility index (Phi) is 4.35. The van der Waals surface area contributed by atoms with Crippen LogP contribution in [-0.4, -0.2) is 25.5 Å². The van der Waals surface area contributed by atoms with E-state index in [0.29, 0.717) is 11.2 Å². The van der Waals surface area contributed by atoms with E-state index in [1.807, 2.05) is 23.6 Å². The van der Waals surface area contributed by atoms with E-state index >= 15 is 0 Å². The lowest BCUT2D eigenvalue weighted by Crippen LogP contribution is -2.06. The third-order valence-electron chi connectivity index (χ3n) is 3.91. The molecule has 0 saturated carbocycles. The van der Waals surface area contributed by atoms with Crippen LogP contribution >= 0.6 is 11.3 Å². The van der Waals surface area contributed by atoms with Gasteiger partial charge in [-0.3, -0.25) is 10.1 Å². The molecule has 0 spiro atoms. The minimum absolute atomic E-state index is 0.00121. The van der Waals surface area contributed by atoms with E-state index in [0.717, 1.165) is 10.6 Å². The Balaban J connectivity index is 1.55. The lowest BCUT2D eigenvalue weighted by Gasteiger charge is -2.05. The van der Waals surface area contributed by atoms with Crippen molar-refractivity contribution in [3.05, 3.63) is 81.5 Å². The highest BCUT2D eigenvalue weighted by Crippen LogP contribution is 2.25. The molecule has 0 aliphatic rings. The smallest absolute Gasteiger partial charge is 0.343 e. The molecule has 134 valence electrons. The molecule has 3 aromatic heterocycles. The van der Waals surface area contributed by atoms with Gasteiger partial charge in [-0.05, 0) is 35.2 Å². The second-order valence-electron chi connectivity index (χ2n) is 5.60. The quantitative estimate of drug-likeness (QED) is 0.297. The molecule has 4 rings (SSSR count). The first kappa shape index (κ1) is 16.9. The standard InChI is InChI=1S/C18H12N4O4S/c23-18(26-11-12-3-5-13(6-4-12)22(24)25)14-10-20-21-15(7-8-19-17(14)21)16-2-1-9-27-16/h1-10H,11H2. The van der Waals surface area contributed by atoms with Gasteiger partial charge in [-0.1, -0.05) is 6.07 Å². The zero-order chi connectivity index (χ0) is 18.8. The zero-order valence-electron chi connectivity index (χ0n) is 13.8. The van der Waals surface area contributed by atoms with Gasteiger partial charge in [-0.15, -0.1) is 11.3 Å². The molecule has 0 aliphatic heterocycles. The summed E-state index contributed by atoms with van der Waals surface area (Å²) in [6.07, 6.45) is 3.05. The molecule has 0 saturated heterocycles. The van der Waals surface area contributed by atoms with Crippen molar-refractivity contribution in [2.45, 2.75) is 6.61 Å². The van der Waals surface area contributed by atoms with Crippen LogP contribution < -0.4 is 0 Å². The van der Waals surface area contributed by atoms with Gasteiger partial charge in [0.05, 0.1) is 21.7 Å². The molecule has 0 unspecified atom stereocenters. The molecule has 4 aromatic rings. The first-order chi connectivity index (χ1) is 13.1. The molecule has 3 heterocycles. The lowest BCUT2D eigenvalue weighted by molar-refractivity contribution is -0.384. The fourth-order valence-corrected chi connectivity index (χ4v) is 3.32. The lowest BCUT2D eigenvalue weighted by atomic mass is 10.2. The predicted molar refractivity (Wildman–Crippen MR) is 98.5 cm³/mol. The average molecular weight is 380 g/mol. The summed E-state index contributed by atoms with van der Waals surface area (Å²) in [4.78, 5) is 27.9. The molecule has 0 fully saturated rings. The van der Waals surface area contributed by atoms with Crippen LogP contribution in [0.5, 0.6) is 0 Å². The summed E-state index contributed by atoms with van der Waals surface area (Å²) < 4.78 is 6.92. The highest BCUT2D eigenvalue weighted by Gasteiger charge is 2.18. The largest absolute Gasteiger partial charge is 0.457 e. The maximum absolute atomic E-state index is 12.4. The number of non-ortho nitro benzene ring substituents is 1. The summed E-state index contributed by atoms with van der Waals surface area (Å²) in [6, 6.07) is 11.6. The Morgan fingerprint density at radius 1 is 1.22 bits per heavy atom. The van der Waals surface area contributed by atoms with Crippen molar-refractivity contribution in [3.63, 3.8) is 0 Å². The summed E-state index contributed by atoms with van der Waals surface area (Å²) in [5, 5.41) is 16.9. The van der Waals surface area contributed by atoms with Crippen LogP contribution in [-0.2, 0) is 11.3 Å².